The number of hydrogen-bond donors (Lipinski definition) is 1. The molecule has 1 aliphatic carbocycles. The number of piperazine rings is 1. The van der Waals surface area contributed by atoms with Crippen LogP contribution in [0.5, 0.6) is 0 Å². The number of anilines is 1. The Morgan fingerprint density at radius 1 is 1.21 bits per heavy atom. The van der Waals surface area contributed by atoms with Gasteiger partial charge in [-0.1, -0.05) is 19.4 Å². The first kappa shape index (κ1) is 17.4. The van der Waals surface area contributed by atoms with E-state index in [4.69, 9.17) is 0 Å². The molecule has 1 saturated heterocycles. The Bertz CT molecular complexity index is 693. The van der Waals surface area contributed by atoms with Crippen LogP contribution in [0.15, 0.2) is 29.2 Å². The molecule has 0 aromatic heterocycles. The lowest BCUT2D eigenvalue weighted by atomic mass is 9.85. The molecule has 2 fully saturated rings. The number of likely N-dealkylation sites (N-methyl/N-ethyl adjacent to an activating group) is 1. The zero-order chi connectivity index (χ0) is 17.2. The quantitative estimate of drug-likeness (QED) is 0.877. The van der Waals surface area contributed by atoms with Crippen molar-refractivity contribution in [2.75, 3.05) is 38.0 Å². The molecule has 7 heteroatoms. The summed E-state index contributed by atoms with van der Waals surface area (Å²) in [6, 6.07) is 6.59. The summed E-state index contributed by atoms with van der Waals surface area (Å²) in [6.45, 7) is 5.56. The average molecular weight is 351 g/mol. The van der Waals surface area contributed by atoms with Crippen molar-refractivity contribution in [3.63, 3.8) is 0 Å². The van der Waals surface area contributed by atoms with E-state index in [-0.39, 0.29) is 16.7 Å². The van der Waals surface area contributed by atoms with Crippen LogP contribution in [0.1, 0.15) is 26.2 Å². The molecule has 1 aromatic carbocycles. The largest absolute Gasteiger partial charge is 0.326 e. The van der Waals surface area contributed by atoms with Gasteiger partial charge in [-0.05, 0) is 37.6 Å². The molecule has 6 nitrogen and oxygen atoms in total. The summed E-state index contributed by atoms with van der Waals surface area (Å²) in [7, 11) is -3.51. The number of carbonyl (C=O) groups excluding carboxylic acids is 1. The number of nitrogens with one attached hydrogen (secondary N) is 1. The van der Waals surface area contributed by atoms with Crippen molar-refractivity contribution in [2.45, 2.75) is 31.1 Å². The Kier molecular flexibility index (Phi) is 5.22. The summed E-state index contributed by atoms with van der Waals surface area (Å²) < 4.78 is 27.2. The van der Waals surface area contributed by atoms with Gasteiger partial charge in [-0.25, -0.2) is 8.42 Å². The van der Waals surface area contributed by atoms with E-state index in [9.17, 15) is 13.2 Å². The van der Waals surface area contributed by atoms with Gasteiger partial charge in [0.2, 0.25) is 15.9 Å². The number of nitrogens with zero attached hydrogens (tertiary/aromatic N) is 2. The molecule has 1 heterocycles. The van der Waals surface area contributed by atoms with E-state index in [1.807, 2.05) is 0 Å². The molecule has 0 radical (unpaired) electrons. The predicted octanol–water partition coefficient (Wildman–Crippen LogP) is 1.75. The average Bonchev–Trinajstić information content (AvgIpc) is 2.53. The highest BCUT2D eigenvalue weighted by Gasteiger charge is 2.29. The Morgan fingerprint density at radius 2 is 1.92 bits per heavy atom. The standard InChI is InChI=1S/C17H25N3O3S/c1-2-19-9-11-20(12-10-19)24(22,23)16-8-4-7-15(13-16)18-17(21)14-5-3-6-14/h4,7-8,13-14H,2-3,5-6,9-12H2,1H3,(H,18,21). The van der Waals surface area contributed by atoms with Crippen LogP contribution in [-0.4, -0.2) is 56.3 Å². The summed E-state index contributed by atoms with van der Waals surface area (Å²) in [4.78, 5) is 14.5. The van der Waals surface area contributed by atoms with E-state index in [2.05, 4.69) is 17.1 Å². The van der Waals surface area contributed by atoms with Gasteiger partial charge in [-0.3, -0.25) is 4.79 Å². The second-order valence-electron chi connectivity index (χ2n) is 6.48. The number of benzene rings is 1. The van der Waals surface area contributed by atoms with E-state index in [0.717, 1.165) is 38.9 Å². The molecule has 1 N–H and O–H groups in total. The molecule has 24 heavy (non-hydrogen) atoms. The van der Waals surface area contributed by atoms with Crippen molar-refractivity contribution in [3.8, 4) is 0 Å². The molecule has 1 aliphatic heterocycles. The zero-order valence-electron chi connectivity index (χ0n) is 14.1. The third-order valence-electron chi connectivity index (χ3n) is 4.99. The number of sulfonamides is 1. The van der Waals surface area contributed by atoms with Crippen molar-refractivity contribution in [1.29, 1.82) is 0 Å². The molecule has 0 unspecified atom stereocenters. The summed E-state index contributed by atoms with van der Waals surface area (Å²) in [5.74, 6) is 0.0692. The predicted molar refractivity (Wildman–Crippen MR) is 93.3 cm³/mol. The molecule has 1 amide bonds. The van der Waals surface area contributed by atoms with Crippen LogP contribution < -0.4 is 5.32 Å². The molecule has 132 valence electrons. The Balaban J connectivity index is 1.71. The highest BCUT2D eigenvalue weighted by Crippen LogP contribution is 2.28. The summed E-state index contributed by atoms with van der Waals surface area (Å²) in [6.07, 6.45) is 2.94. The van der Waals surface area contributed by atoms with Gasteiger partial charge >= 0.3 is 0 Å². The maximum Gasteiger partial charge on any atom is 0.243 e. The fourth-order valence-corrected chi connectivity index (χ4v) is 4.55. The minimum Gasteiger partial charge on any atom is -0.326 e. The maximum atomic E-state index is 12.8. The van der Waals surface area contributed by atoms with Gasteiger partial charge in [-0.15, -0.1) is 0 Å². The summed E-state index contributed by atoms with van der Waals surface area (Å²) in [5, 5.41) is 2.85. The van der Waals surface area contributed by atoms with Crippen molar-refractivity contribution >= 4 is 21.6 Å². The lowest BCUT2D eigenvalue weighted by Gasteiger charge is -2.33. The van der Waals surface area contributed by atoms with Crippen LogP contribution in [0.3, 0.4) is 0 Å². The Morgan fingerprint density at radius 3 is 2.50 bits per heavy atom. The normalized spacial score (nSPS) is 20.5. The smallest absolute Gasteiger partial charge is 0.243 e. The number of hydrogen-bond acceptors (Lipinski definition) is 4. The first-order valence-corrected chi connectivity index (χ1v) is 10.1. The van der Waals surface area contributed by atoms with Crippen LogP contribution in [0.25, 0.3) is 0 Å². The molecule has 1 aromatic rings. The minimum atomic E-state index is -3.51. The minimum absolute atomic E-state index is 0.00708. The first-order chi connectivity index (χ1) is 11.5. The molecule has 3 rings (SSSR count). The summed E-state index contributed by atoms with van der Waals surface area (Å²) >= 11 is 0. The lowest BCUT2D eigenvalue weighted by Crippen LogP contribution is -2.48. The SMILES string of the molecule is CCN1CCN(S(=O)(=O)c2cccc(NC(=O)C3CCC3)c2)CC1. The molecule has 0 spiro atoms. The highest BCUT2D eigenvalue weighted by atomic mass is 32.2. The third-order valence-corrected chi connectivity index (χ3v) is 6.89. The monoisotopic (exact) mass is 351 g/mol. The van der Waals surface area contributed by atoms with Gasteiger partial charge in [0, 0.05) is 37.8 Å². The third kappa shape index (κ3) is 3.63. The van der Waals surface area contributed by atoms with Crippen molar-refractivity contribution < 1.29 is 13.2 Å². The fraction of sp³-hybridized carbons (Fsp3) is 0.588. The van der Waals surface area contributed by atoms with E-state index in [1.165, 1.54) is 4.31 Å². The van der Waals surface area contributed by atoms with Crippen LogP contribution >= 0.6 is 0 Å². The van der Waals surface area contributed by atoms with Crippen molar-refractivity contribution in [1.82, 2.24) is 9.21 Å². The maximum absolute atomic E-state index is 12.8. The van der Waals surface area contributed by atoms with Gasteiger partial charge in [0.15, 0.2) is 0 Å². The van der Waals surface area contributed by atoms with Crippen molar-refractivity contribution in [2.24, 2.45) is 5.92 Å². The Labute approximate surface area is 143 Å². The molecular weight excluding hydrogens is 326 g/mol. The topological polar surface area (TPSA) is 69.7 Å². The van der Waals surface area contributed by atoms with Crippen LogP contribution in [0, 0.1) is 5.92 Å². The van der Waals surface area contributed by atoms with E-state index < -0.39 is 10.0 Å². The van der Waals surface area contributed by atoms with Gasteiger partial charge in [0.1, 0.15) is 0 Å². The number of carbonyl (C=O) groups is 1. The zero-order valence-corrected chi connectivity index (χ0v) is 14.9. The number of rotatable bonds is 5. The van der Waals surface area contributed by atoms with E-state index in [0.29, 0.717) is 18.8 Å². The van der Waals surface area contributed by atoms with Gasteiger partial charge in [-0.2, -0.15) is 4.31 Å². The van der Waals surface area contributed by atoms with Gasteiger partial charge < -0.3 is 10.2 Å². The molecule has 0 bridgehead atoms. The Hall–Kier alpha value is -1.44. The number of amides is 1. The van der Waals surface area contributed by atoms with Crippen LogP contribution in [0.2, 0.25) is 0 Å². The van der Waals surface area contributed by atoms with Gasteiger partial charge in [0.25, 0.3) is 0 Å². The fourth-order valence-electron chi connectivity index (χ4n) is 3.08. The lowest BCUT2D eigenvalue weighted by molar-refractivity contribution is -0.122. The second-order valence-corrected chi connectivity index (χ2v) is 8.42. The molecule has 1 saturated carbocycles. The van der Waals surface area contributed by atoms with E-state index >= 15 is 0 Å². The van der Waals surface area contributed by atoms with Gasteiger partial charge in [0.05, 0.1) is 4.90 Å². The molecule has 2 aliphatic rings. The summed E-state index contributed by atoms with van der Waals surface area (Å²) in [5.41, 5.74) is 0.556. The second kappa shape index (κ2) is 7.21. The van der Waals surface area contributed by atoms with Crippen LogP contribution in [0.4, 0.5) is 5.69 Å². The molecular formula is C17H25N3O3S. The first-order valence-electron chi connectivity index (χ1n) is 8.64. The van der Waals surface area contributed by atoms with Crippen LogP contribution in [-0.2, 0) is 14.8 Å². The van der Waals surface area contributed by atoms with E-state index in [1.54, 1.807) is 24.3 Å². The van der Waals surface area contributed by atoms with Crippen molar-refractivity contribution in [3.05, 3.63) is 24.3 Å². The highest BCUT2D eigenvalue weighted by molar-refractivity contribution is 7.89. The molecule has 0 atom stereocenters.